The van der Waals surface area contributed by atoms with E-state index in [0.717, 1.165) is 24.2 Å². The Kier molecular flexibility index (Phi) is 7.48. The van der Waals surface area contributed by atoms with Gasteiger partial charge in [-0.2, -0.15) is 0 Å². The quantitative estimate of drug-likeness (QED) is 0.786. The number of carbonyl (C=O) groups is 1. The third kappa shape index (κ3) is 4.92. The topological polar surface area (TPSA) is 59.0 Å². The summed E-state index contributed by atoms with van der Waals surface area (Å²) in [6.45, 7) is 0.566. The van der Waals surface area contributed by atoms with E-state index < -0.39 is 0 Å². The van der Waals surface area contributed by atoms with Crippen molar-refractivity contribution in [3.8, 4) is 0 Å². The molecule has 1 amide bonds. The van der Waals surface area contributed by atoms with E-state index in [1.165, 1.54) is 25.0 Å². The van der Waals surface area contributed by atoms with Crippen LogP contribution in [-0.4, -0.2) is 34.1 Å². The SMILES string of the molecule is Cl.Cl.Cn1c(CCNC(=O)CC2CC3CCC(C2)N3)nc2cc(F)ccc21. The number of imidazole rings is 1. The van der Waals surface area contributed by atoms with Crippen LogP contribution in [0.4, 0.5) is 4.39 Å². The zero-order valence-electron chi connectivity index (χ0n) is 15.4. The first kappa shape index (κ1) is 21.9. The maximum Gasteiger partial charge on any atom is 0.220 e. The monoisotopic (exact) mass is 416 g/mol. The van der Waals surface area contributed by atoms with E-state index in [-0.39, 0.29) is 36.5 Å². The van der Waals surface area contributed by atoms with Gasteiger partial charge in [0.15, 0.2) is 0 Å². The molecular formula is C19H27Cl2FN4O. The first-order valence-electron chi connectivity index (χ1n) is 9.22. The fraction of sp³-hybridized carbons (Fsp3) is 0.579. The minimum Gasteiger partial charge on any atom is -0.356 e. The van der Waals surface area contributed by atoms with Gasteiger partial charge in [0.25, 0.3) is 0 Å². The van der Waals surface area contributed by atoms with Crippen LogP contribution < -0.4 is 10.6 Å². The fourth-order valence-electron chi connectivity index (χ4n) is 4.44. The average Bonchev–Trinajstić information content (AvgIpc) is 3.07. The smallest absolute Gasteiger partial charge is 0.220 e. The summed E-state index contributed by atoms with van der Waals surface area (Å²) in [7, 11) is 1.93. The lowest BCUT2D eigenvalue weighted by atomic mass is 9.89. The van der Waals surface area contributed by atoms with Crippen molar-refractivity contribution >= 4 is 41.8 Å². The molecule has 4 rings (SSSR count). The van der Waals surface area contributed by atoms with E-state index in [4.69, 9.17) is 0 Å². The predicted molar refractivity (Wildman–Crippen MR) is 109 cm³/mol. The first-order valence-corrected chi connectivity index (χ1v) is 9.22. The number of hydrogen-bond acceptors (Lipinski definition) is 3. The van der Waals surface area contributed by atoms with Crippen LogP contribution >= 0.6 is 24.8 Å². The van der Waals surface area contributed by atoms with Gasteiger partial charge in [0, 0.05) is 44.6 Å². The normalized spacial score (nSPS) is 23.6. The molecule has 3 heterocycles. The van der Waals surface area contributed by atoms with Gasteiger partial charge >= 0.3 is 0 Å². The predicted octanol–water partition coefficient (Wildman–Crippen LogP) is 3.14. The van der Waals surface area contributed by atoms with Crippen molar-refractivity contribution in [1.29, 1.82) is 0 Å². The van der Waals surface area contributed by atoms with E-state index >= 15 is 0 Å². The number of aromatic nitrogens is 2. The van der Waals surface area contributed by atoms with E-state index in [0.29, 0.717) is 42.9 Å². The van der Waals surface area contributed by atoms with Gasteiger partial charge < -0.3 is 15.2 Å². The van der Waals surface area contributed by atoms with Crippen LogP contribution in [0.5, 0.6) is 0 Å². The Hall–Kier alpha value is -1.37. The largest absolute Gasteiger partial charge is 0.356 e. The zero-order valence-corrected chi connectivity index (χ0v) is 17.0. The molecule has 1 aromatic heterocycles. The Morgan fingerprint density at radius 2 is 2.00 bits per heavy atom. The lowest BCUT2D eigenvalue weighted by Gasteiger charge is -2.28. The van der Waals surface area contributed by atoms with Gasteiger partial charge in [0.05, 0.1) is 11.0 Å². The average molecular weight is 417 g/mol. The minimum absolute atomic E-state index is 0. The second kappa shape index (κ2) is 9.22. The Balaban J connectivity index is 0.00000131. The molecule has 1 aromatic carbocycles. The standard InChI is InChI=1S/C19H25FN4O.2ClH/c1-24-17-5-2-13(20)11-16(17)23-18(24)6-7-21-19(25)10-12-8-14-3-4-15(9-12)22-14;;/h2,5,11-12,14-15,22H,3-4,6-10H2,1H3,(H,21,25);2*1H. The Labute approximate surface area is 171 Å². The number of carbonyl (C=O) groups excluding carboxylic acids is 1. The number of halogens is 3. The molecule has 5 nitrogen and oxygen atoms in total. The molecule has 2 fully saturated rings. The van der Waals surface area contributed by atoms with E-state index in [9.17, 15) is 9.18 Å². The second-order valence-corrected chi connectivity index (χ2v) is 7.50. The van der Waals surface area contributed by atoms with Crippen LogP contribution in [0.1, 0.15) is 37.9 Å². The molecule has 2 bridgehead atoms. The van der Waals surface area contributed by atoms with Crippen LogP contribution in [0.25, 0.3) is 11.0 Å². The molecule has 2 unspecified atom stereocenters. The van der Waals surface area contributed by atoms with Gasteiger partial charge in [0.2, 0.25) is 5.91 Å². The van der Waals surface area contributed by atoms with E-state index in [2.05, 4.69) is 15.6 Å². The Morgan fingerprint density at radius 3 is 2.70 bits per heavy atom. The molecule has 2 saturated heterocycles. The summed E-state index contributed by atoms with van der Waals surface area (Å²) in [6.07, 6.45) is 6.05. The van der Waals surface area contributed by atoms with Crippen LogP contribution in [0.2, 0.25) is 0 Å². The summed E-state index contributed by atoms with van der Waals surface area (Å²) in [6, 6.07) is 5.88. The van der Waals surface area contributed by atoms with Crippen molar-refractivity contribution < 1.29 is 9.18 Å². The molecule has 0 spiro atoms. The maximum atomic E-state index is 13.3. The highest BCUT2D eigenvalue weighted by atomic mass is 35.5. The number of amides is 1. The molecular weight excluding hydrogens is 390 g/mol. The molecule has 2 aliphatic heterocycles. The van der Waals surface area contributed by atoms with Gasteiger partial charge in [-0.25, -0.2) is 9.37 Å². The number of hydrogen-bond donors (Lipinski definition) is 2. The van der Waals surface area contributed by atoms with Crippen molar-refractivity contribution in [2.75, 3.05) is 6.54 Å². The van der Waals surface area contributed by atoms with Gasteiger partial charge in [0.1, 0.15) is 11.6 Å². The molecule has 2 aliphatic rings. The number of fused-ring (bicyclic) bond motifs is 3. The van der Waals surface area contributed by atoms with Gasteiger partial charge in [-0.1, -0.05) is 0 Å². The summed E-state index contributed by atoms with van der Waals surface area (Å²) in [5.41, 5.74) is 1.57. The highest BCUT2D eigenvalue weighted by molar-refractivity contribution is 5.85. The van der Waals surface area contributed by atoms with Crippen molar-refractivity contribution in [1.82, 2.24) is 20.2 Å². The Bertz CT molecular complexity index is 785. The number of rotatable bonds is 5. The number of nitrogens with zero attached hydrogens (tertiary/aromatic N) is 2. The molecule has 2 atom stereocenters. The molecule has 2 N–H and O–H groups in total. The molecule has 0 aliphatic carbocycles. The summed E-state index contributed by atoms with van der Waals surface area (Å²) in [5, 5.41) is 6.64. The molecule has 2 aromatic rings. The van der Waals surface area contributed by atoms with Crippen molar-refractivity contribution in [3.05, 3.63) is 29.8 Å². The zero-order chi connectivity index (χ0) is 17.4. The number of nitrogens with one attached hydrogen (secondary N) is 2. The highest BCUT2D eigenvalue weighted by Crippen LogP contribution is 2.32. The van der Waals surface area contributed by atoms with Crippen LogP contribution in [0, 0.1) is 11.7 Å². The first-order chi connectivity index (χ1) is 12.1. The van der Waals surface area contributed by atoms with Crippen LogP contribution in [0.3, 0.4) is 0 Å². The molecule has 150 valence electrons. The summed E-state index contributed by atoms with van der Waals surface area (Å²) >= 11 is 0. The fourth-order valence-corrected chi connectivity index (χ4v) is 4.44. The number of benzene rings is 1. The van der Waals surface area contributed by atoms with Crippen LogP contribution in [0.15, 0.2) is 18.2 Å². The summed E-state index contributed by atoms with van der Waals surface area (Å²) < 4.78 is 15.3. The van der Waals surface area contributed by atoms with Crippen molar-refractivity contribution in [2.24, 2.45) is 13.0 Å². The van der Waals surface area contributed by atoms with E-state index in [1.807, 2.05) is 11.6 Å². The van der Waals surface area contributed by atoms with Gasteiger partial charge in [-0.15, -0.1) is 24.8 Å². The second-order valence-electron chi connectivity index (χ2n) is 7.50. The molecule has 8 heteroatoms. The van der Waals surface area contributed by atoms with E-state index in [1.54, 1.807) is 6.07 Å². The summed E-state index contributed by atoms with van der Waals surface area (Å²) in [4.78, 5) is 16.7. The van der Waals surface area contributed by atoms with Crippen LogP contribution in [-0.2, 0) is 18.3 Å². The number of aryl methyl sites for hydroxylation is 1. The number of piperidine rings is 1. The highest BCUT2D eigenvalue weighted by Gasteiger charge is 2.34. The summed E-state index contributed by atoms with van der Waals surface area (Å²) in [5.74, 6) is 1.23. The molecule has 27 heavy (non-hydrogen) atoms. The van der Waals surface area contributed by atoms with Crippen molar-refractivity contribution in [3.63, 3.8) is 0 Å². The minimum atomic E-state index is -0.276. The maximum absolute atomic E-state index is 13.3. The lowest BCUT2D eigenvalue weighted by molar-refractivity contribution is -0.122. The van der Waals surface area contributed by atoms with Crippen molar-refractivity contribution in [2.45, 2.75) is 50.6 Å². The van der Waals surface area contributed by atoms with Gasteiger partial charge in [-0.3, -0.25) is 4.79 Å². The Morgan fingerprint density at radius 1 is 1.30 bits per heavy atom. The third-order valence-electron chi connectivity index (χ3n) is 5.65. The van der Waals surface area contributed by atoms with Gasteiger partial charge in [-0.05, 0) is 43.7 Å². The molecule has 0 radical (unpaired) electrons. The molecule has 0 saturated carbocycles. The lowest BCUT2D eigenvalue weighted by Crippen LogP contribution is -2.39. The third-order valence-corrected chi connectivity index (χ3v) is 5.65.